The number of nitrogens with zero attached hydrogens (tertiary/aromatic N) is 1. The maximum Gasteiger partial charge on any atom is 0.455 e. The molecule has 0 N–H and O–H groups in total. The monoisotopic (exact) mass is 517 g/mol. The SMILES string of the molecule is CO[C@@](C)(OC(=O)C=C[C@H]1[C@@H](C(=O)OC(C#N)c2cccc(Oc3ccccc3)c2)C1(C)C)C(F)(F)F. The van der Waals surface area contributed by atoms with Gasteiger partial charge in [-0.3, -0.25) is 4.79 Å². The summed E-state index contributed by atoms with van der Waals surface area (Å²) >= 11 is 0. The highest BCUT2D eigenvalue weighted by molar-refractivity contribution is 5.84. The zero-order valence-corrected chi connectivity index (χ0v) is 20.6. The van der Waals surface area contributed by atoms with E-state index in [-0.39, 0.29) is 0 Å². The molecule has 0 amide bonds. The number of benzene rings is 2. The molecule has 196 valence electrons. The smallest absolute Gasteiger partial charge is 0.455 e. The van der Waals surface area contributed by atoms with E-state index in [2.05, 4.69) is 9.47 Å². The van der Waals surface area contributed by atoms with E-state index in [1.807, 2.05) is 24.3 Å². The third kappa shape index (κ3) is 6.30. The summed E-state index contributed by atoms with van der Waals surface area (Å²) in [5.41, 5.74) is -0.245. The molecule has 0 spiro atoms. The normalized spacial score (nSPS) is 20.8. The number of halogens is 3. The quantitative estimate of drug-likeness (QED) is 0.233. The Morgan fingerprint density at radius 3 is 2.32 bits per heavy atom. The van der Waals surface area contributed by atoms with Gasteiger partial charge in [-0.2, -0.15) is 18.4 Å². The van der Waals surface area contributed by atoms with Crippen LogP contribution in [-0.4, -0.2) is 31.0 Å². The molecule has 1 unspecified atom stereocenters. The average Bonchev–Trinajstić information content (AvgIpc) is 3.41. The molecule has 1 fully saturated rings. The molecule has 1 aliphatic rings. The Morgan fingerprint density at radius 2 is 1.73 bits per heavy atom. The molecule has 3 rings (SSSR count). The van der Waals surface area contributed by atoms with Gasteiger partial charge in [0.05, 0.1) is 5.92 Å². The molecule has 37 heavy (non-hydrogen) atoms. The number of allylic oxidation sites excluding steroid dienone is 1. The zero-order chi connectivity index (χ0) is 27.4. The summed E-state index contributed by atoms with van der Waals surface area (Å²) in [7, 11) is 0.773. The lowest BCUT2D eigenvalue weighted by Gasteiger charge is -2.29. The van der Waals surface area contributed by atoms with E-state index in [1.54, 1.807) is 50.2 Å². The van der Waals surface area contributed by atoms with Crippen molar-refractivity contribution in [2.24, 2.45) is 17.3 Å². The van der Waals surface area contributed by atoms with Crippen LogP contribution in [0.5, 0.6) is 11.5 Å². The molecule has 2 aromatic carbocycles. The summed E-state index contributed by atoms with van der Waals surface area (Å²) in [6.07, 6.45) is -4.02. The average molecular weight is 518 g/mol. The van der Waals surface area contributed by atoms with Crippen molar-refractivity contribution >= 4 is 11.9 Å². The lowest BCUT2D eigenvalue weighted by Crippen LogP contribution is -2.47. The van der Waals surface area contributed by atoms with E-state index in [4.69, 9.17) is 9.47 Å². The van der Waals surface area contributed by atoms with Crippen LogP contribution in [0, 0.1) is 28.6 Å². The zero-order valence-electron chi connectivity index (χ0n) is 20.6. The Kier molecular flexibility index (Phi) is 7.98. The first-order valence-electron chi connectivity index (χ1n) is 11.3. The van der Waals surface area contributed by atoms with Gasteiger partial charge in [0.15, 0.2) is 0 Å². The second kappa shape index (κ2) is 10.6. The van der Waals surface area contributed by atoms with Gasteiger partial charge in [-0.1, -0.05) is 50.3 Å². The number of rotatable bonds is 9. The number of esters is 2. The predicted molar refractivity (Wildman–Crippen MR) is 125 cm³/mol. The van der Waals surface area contributed by atoms with E-state index in [0.717, 1.165) is 13.2 Å². The van der Waals surface area contributed by atoms with Crippen LogP contribution in [0.2, 0.25) is 0 Å². The molecule has 2 aromatic rings. The second-order valence-electron chi connectivity index (χ2n) is 9.19. The molecule has 0 saturated heterocycles. The maximum atomic E-state index is 13.1. The summed E-state index contributed by atoms with van der Waals surface area (Å²) in [4.78, 5) is 24.9. The fourth-order valence-electron chi connectivity index (χ4n) is 3.83. The lowest BCUT2D eigenvalue weighted by atomic mass is 10.1. The molecular weight excluding hydrogens is 491 g/mol. The molecule has 0 radical (unpaired) electrons. The van der Waals surface area contributed by atoms with Gasteiger partial charge in [-0.05, 0) is 35.6 Å². The lowest BCUT2D eigenvalue weighted by molar-refractivity contribution is -0.350. The molecule has 0 heterocycles. The van der Waals surface area contributed by atoms with Gasteiger partial charge < -0.3 is 18.9 Å². The molecule has 1 saturated carbocycles. The summed E-state index contributed by atoms with van der Waals surface area (Å²) in [5, 5.41) is 9.63. The van der Waals surface area contributed by atoms with Crippen LogP contribution in [0.15, 0.2) is 66.7 Å². The van der Waals surface area contributed by atoms with E-state index in [0.29, 0.717) is 24.0 Å². The Morgan fingerprint density at radius 1 is 1.08 bits per heavy atom. The van der Waals surface area contributed by atoms with Gasteiger partial charge >= 0.3 is 23.9 Å². The molecule has 0 bridgehead atoms. The number of para-hydroxylation sites is 1. The number of methoxy groups -OCH3 is 1. The van der Waals surface area contributed by atoms with Crippen molar-refractivity contribution < 1.29 is 41.7 Å². The minimum absolute atomic E-state index is 0.407. The number of alkyl halides is 3. The molecule has 7 nitrogen and oxygen atoms in total. The van der Waals surface area contributed by atoms with Crippen LogP contribution < -0.4 is 4.74 Å². The summed E-state index contributed by atoms with van der Waals surface area (Å²) in [6, 6.07) is 17.5. The van der Waals surface area contributed by atoms with E-state index >= 15 is 0 Å². The first-order chi connectivity index (χ1) is 17.3. The Balaban J connectivity index is 1.65. The number of hydrogen-bond acceptors (Lipinski definition) is 7. The van der Waals surface area contributed by atoms with Crippen LogP contribution in [0.1, 0.15) is 32.4 Å². The van der Waals surface area contributed by atoms with Gasteiger partial charge in [-0.15, -0.1) is 0 Å². The van der Waals surface area contributed by atoms with Gasteiger partial charge in [-0.25, -0.2) is 4.79 Å². The fraction of sp³-hybridized carbons (Fsp3) is 0.370. The van der Waals surface area contributed by atoms with E-state index in [1.165, 1.54) is 6.08 Å². The molecule has 10 heteroatoms. The third-order valence-electron chi connectivity index (χ3n) is 6.30. The highest BCUT2D eigenvalue weighted by Crippen LogP contribution is 2.59. The number of nitriles is 1. The Labute approximate surface area is 212 Å². The summed E-state index contributed by atoms with van der Waals surface area (Å²) in [5.74, 6) is -5.24. The van der Waals surface area contributed by atoms with Crippen molar-refractivity contribution in [3.05, 3.63) is 72.3 Å². The molecule has 4 atom stereocenters. The minimum Gasteiger partial charge on any atom is -0.457 e. The van der Waals surface area contributed by atoms with Crippen LogP contribution in [0.3, 0.4) is 0 Å². The first-order valence-corrected chi connectivity index (χ1v) is 11.3. The fourth-order valence-corrected chi connectivity index (χ4v) is 3.83. The molecular formula is C27H26F3NO6. The topological polar surface area (TPSA) is 94.9 Å². The Bertz CT molecular complexity index is 1200. The van der Waals surface area contributed by atoms with E-state index in [9.17, 15) is 28.0 Å². The molecule has 0 aliphatic heterocycles. The molecule has 0 aromatic heterocycles. The number of ether oxygens (including phenoxy) is 4. The van der Waals surface area contributed by atoms with Gasteiger partial charge in [0.25, 0.3) is 0 Å². The van der Waals surface area contributed by atoms with Gasteiger partial charge in [0.1, 0.15) is 17.6 Å². The van der Waals surface area contributed by atoms with Crippen LogP contribution in [0.25, 0.3) is 0 Å². The number of carbonyl (C=O) groups excluding carboxylic acids is 2. The maximum absolute atomic E-state index is 13.1. The van der Waals surface area contributed by atoms with Crippen LogP contribution in [-0.2, 0) is 23.8 Å². The standard InChI is InChI=1S/C27H26F3NO6/c1-25(2)20(13-14-22(32)37-26(3,34-4)27(28,29)30)23(25)24(33)36-21(16-31)17-9-8-12-19(15-17)35-18-10-6-5-7-11-18/h5-15,20-21,23H,1-4H3/t20-,21?,23-,26-/m0/s1. The van der Waals surface area contributed by atoms with Gasteiger partial charge in [0, 0.05) is 25.7 Å². The largest absolute Gasteiger partial charge is 0.457 e. The van der Waals surface area contributed by atoms with Gasteiger partial charge in [0.2, 0.25) is 6.10 Å². The van der Waals surface area contributed by atoms with Crippen molar-refractivity contribution in [3.8, 4) is 17.6 Å². The third-order valence-corrected chi connectivity index (χ3v) is 6.30. The van der Waals surface area contributed by atoms with Crippen LogP contribution >= 0.6 is 0 Å². The first kappa shape index (κ1) is 27.7. The minimum atomic E-state index is -4.94. The number of carbonyl (C=O) groups is 2. The van der Waals surface area contributed by atoms with Crippen molar-refractivity contribution in [1.82, 2.24) is 0 Å². The molecule has 1 aliphatic carbocycles. The van der Waals surface area contributed by atoms with Crippen molar-refractivity contribution in [3.63, 3.8) is 0 Å². The predicted octanol–water partition coefficient (Wildman–Crippen LogP) is 5.88. The second-order valence-corrected chi connectivity index (χ2v) is 9.19. The van der Waals surface area contributed by atoms with Crippen molar-refractivity contribution in [2.45, 2.75) is 38.8 Å². The highest BCUT2D eigenvalue weighted by Gasteiger charge is 2.62. The summed E-state index contributed by atoms with van der Waals surface area (Å²) < 4.78 is 59.2. The highest BCUT2D eigenvalue weighted by atomic mass is 19.4. The number of hydrogen-bond donors (Lipinski definition) is 0. The summed E-state index contributed by atoms with van der Waals surface area (Å²) in [6.45, 7) is 4.07. The Hall–Kier alpha value is -3.84. The van der Waals surface area contributed by atoms with E-state index < -0.39 is 47.3 Å². The van der Waals surface area contributed by atoms with Crippen LogP contribution in [0.4, 0.5) is 13.2 Å². The van der Waals surface area contributed by atoms with Crippen molar-refractivity contribution in [2.75, 3.05) is 7.11 Å². The van der Waals surface area contributed by atoms with Crippen molar-refractivity contribution in [1.29, 1.82) is 5.26 Å².